The van der Waals surface area contributed by atoms with Crippen LogP contribution in [0, 0.1) is 0 Å². The van der Waals surface area contributed by atoms with Gasteiger partial charge in [-0.15, -0.1) is 0 Å². The molecular formula is C10H14BrN3. The van der Waals surface area contributed by atoms with Gasteiger partial charge in [0, 0.05) is 29.6 Å². The molecule has 1 aromatic rings. The Bertz CT molecular complexity index is 312. The van der Waals surface area contributed by atoms with E-state index in [9.17, 15) is 0 Å². The average molecular weight is 256 g/mol. The van der Waals surface area contributed by atoms with Crippen LogP contribution in [0.2, 0.25) is 0 Å². The molecule has 0 saturated carbocycles. The highest BCUT2D eigenvalue weighted by molar-refractivity contribution is 9.10. The van der Waals surface area contributed by atoms with Gasteiger partial charge in [-0.2, -0.15) is 0 Å². The van der Waals surface area contributed by atoms with Crippen LogP contribution in [0.1, 0.15) is 0 Å². The molecule has 1 rings (SSSR count). The number of anilines is 1. The van der Waals surface area contributed by atoms with Gasteiger partial charge in [-0.05, 0) is 18.2 Å². The summed E-state index contributed by atoms with van der Waals surface area (Å²) in [6, 6.07) is 8.00. The fourth-order valence-corrected chi connectivity index (χ4v) is 1.46. The SMILES string of the molecule is CN/C=C\N(CN)c1cccc(Br)c1. The minimum absolute atomic E-state index is 0.453. The number of nitrogens with zero attached hydrogens (tertiary/aromatic N) is 1. The van der Waals surface area contributed by atoms with Crippen LogP contribution in [0.3, 0.4) is 0 Å². The van der Waals surface area contributed by atoms with Crippen LogP contribution in [0.15, 0.2) is 41.1 Å². The van der Waals surface area contributed by atoms with Crippen molar-refractivity contribution in [1.82, 2.24) is 5.32 Å². The fraction of sp³-hybridized carbons (Fsp3) is 0.200. The van der Waals surface area contributed by atoms with Gasteiger partial charge < -0.3 is 16.0 Å². The van der Waals surface area contributed by atoms with Crippen molar-refractivity contribution in [2.75, 3.05) is 18.6 Å². The maximum Gasteiger partial charge on any atom is 0.0701 e. The van der Waals surface area contributed by atoms with Crippen molar-refractivity contribution >= 4 is 21.6 Å². The van der Waals surface area contributed by atoms with E-state index in [1.807, 2.05) is 48.6 Å². The van der Waals surface area contributed by atoms with Gasteiger partial charge in [0.05, 0.1) is 6.67 Å². The van der Waals surface area contributed by atoms with Gasteiger partial charge in [-0.1, -0.05) is 22.0 Å². The molecular weight excluding hydrogens is 242 g/mol. The molecule has 0 spiro atoms. The van der Waals surface area contributed by atoms with Gasteiger partial charge in [0.1, 0.15) is 0 Å². The lowest BCUT2D eigenvalue weighted by Gasteiger charge is -2.17. The lowest BCUT2D eigenvalue weighted by Crippen LogP contribution is -2.24. The predicted molar refractivity (Wildman–Crippen MR) is 63.9 cm³/mol. The van der Waals surface area contributed by atoms with Crippen LogP contribution >= 0.6 is 15.9 Å². The largest absolute Gasteiger partial charge is 0.393 e. The number of halogens is 1. The summed E-state index contributed by atoms with van der Waals surface area (Å²) in [6.45, 7) is 0.453. The van der Waals surface area contributed by atoms with Crippen LogP contribution < -0.4 is 16.0 Å². The molecule has 0 aromatic heterocycles. The van der Waals surface area contributed by atoms with E-state index in [1.54, 1.807) is 0 Å². The van der Waals surface area contributed by atoms with Crippen LogP contribution in [-0.4, -0.2) is 13.7 Å². The van der Waals surface area contributed by atoms with E-state index < -0.39 is 0 Å². The summed E-state index contributed by atoms with van der Waals surface area (Å²) in [4.78, 5) is 1.95. The van der Waals surface area contributed by atoms with Gasteiger partial charge in [0.25, 0.3) is 0 Å². The van der Waals surface area contributed by atoms with Crippen molar-refractivity contribution in [3.63, 3.8) is 0 Å². The molecule has 0 amide bonds. The molecule has 0 saturated heterocycles. The number of nitrogens with one attached hydrogen (secondary N) is 1. The first kappa shape index (κ1) is 11.1. The van der Waals surface area contributed by atoms with Crippen molar-refractivity contribution in [1.29, 1.82) is 0 Å². The smallest absolute Gasteiger partial charge is 0.0701 e. The second-order valence-corrected chi connectivity index (χ2v) is 3.65. The van der Waals surface area contributed by atoms with Crippen molar-refractivity contribution < 1.29 is 0 Å². The second kappa shape index (κ2) is 5.67. The van der Waals surface area contributed by atoms with Gasteiger partial charge >= 0.3 is 0 Å². The topological polar surface area (TPSA) is 41.3 Å². The molecule has 0 fully saturated rings. The highest BCUT2D eigenvalue weighted by Crippen LogP contribution is 2.19. The van der Waals surface area contributed by atoms with E-state index in [1.165, 1.54) is 0 Å². The van der Waals surface area contributed by atoms with Crippen molar-refractivity contribution in [2.45, 2.75) is 0 Å². The van der Waals surface area contributed by atoms with Gasteiger partial charge in [0.15, 0.2) is 0 Å². The van der Waals surface area contributed by atoms with Crippen LogP contribution in [0.25, 0.3) is 0 Å². The summed E-state index contributed by atoms with van der Waals surface area (Å²) in [5.41, 5.74) is 6.69. The molecule has 0 aliphatic carbocycles. The first-order valence-electron chi connectivity index (χ1n) is 4.34. The average Bonchev–Trinajstić information content (AvgIpc) is 2.19. The van der Waals surface area contributed by atoms with Gasteiger partial charge in [-0.3, -0.25) is 0 Å². The van der Waals surface area contributed by atoms with E-state index >= 15 is 0 Å². The van der Waals surface area contributed by atoms with Crippen LogP contribution in [0.4, 0.5) is 5.69 Å². The summed E-state index contributed by atoms with van der Waals surface area (Å²) in [6.07, 6.45) is 3.75. The van der Waals surface area contributed by atoms with Crippen molar-refractivity contribution in [3.05, 3.63) is 41.1 Å². The Balaban J connectivity index is 2.83. The molecule has 3 nitrogen and oxygen atoms in total. The highest BCUT2D eigenvalue weighted by Gasteiger charge is 1.99. The predicted octanol–water partition coefficient (Wildman–Crippen LogP) is 1.86. The zero-order valence-electron chi connectivity index (χ0n) is 8.07. The molecule has 0 atom stereocenters. The summed E-state index contributed by atoms with van der Waals surface area (Å²) >= 11 is 3.42. The molecule has 0 aliphatic rings. The normalized spacial score (nSPS) is 10.5. The quantitative estimate of drug-likeness (QED) is 0.808. The van der Waals surface area contributed by atoms with E-state index in [0.29, 0.717) is 6.67 Å². The number of nitrogens with two attached hydrogens (primary N) is 1. The molecule has 0 bridgehead atoms. The van der Waals surface area contributed by atoms with E-state index in [0.717, 1.165) is 10.2 Å². The lowest BCUT2D eigenvalue weighted by atomic mass is 10.3. The Morgan fingerprint density at radius 1 is 1.57 bits per heavy atom. The minimum atomic E-state index is 0.453. The molecule has 14 heavy (non-hydrogen) atoms. The third-order valence-electron chi connectivity index (χ3n) is 1.76. The molecule has 76 valence electrons. The molecule has 3 N–H and O–H groups in total. The third kappa shape index (κ3) is 3.05. The minimum Gasteiger partial charge on any atom is -0.393 e. The molecule has 0 unspecified atom stereocenters. The Labute approximate surface area is 92.7 Å². The zero-order valence-corrected chi connectivity index (χ0v) is 9.66. The molecule has 1 aromatic carbocycles. The standard InChI is InChI=1S/C10H14BrN3/c1-13-5-6-14(8-12)10-4-2-3-9(11)7-10/h2-7,13H,8,12H2,1H3/b6-5-. The molecule has 4 heteroatoms. The maximum atomic E-state index is 5.63. The van der Waals surface area contributed by atoms with Crippen LogP contribution in [-0.2, 0) is 0 Å². The summed E-state index contributed by atoms with van der Waals surface area (Å²) in [5.74, 6) is 0. The van der Waals surface area contributed by atoms with Crippen LogP contribution in [0.5, 0.6) is 0 Å². The number of benzene rings is 1. The maximum absolute atomic E-state index is 5.63. The number of hydrogen-bond donors (Lipinski definition) is 2. The van der Waals surface area contributed by atoms with Gasteiger partial charge in [-0.25, -0.2) is 0 Å². The Kier molecular flexibility index (Phi) is 4.49. The second-order valence-electron chi connectivity index (χ2n) is 2.74. The number of rotatable bonds is 4. The Hall–Kier alpha value is -1.00. The van der Waals surface area contributed by atoms with Crippen molar-refractivity contribution in [3.8, 4) is 0 Å². The Morgan fingerprint density at radius 3 is 2.93 bits per heavy atom. The summed E-state index contributed by atoms with van der Waals surface area (Å²) in [7, 11) is 1.85. The third-order valence-corrected chi connectivity index (χ3v) is 2.25. The molecule has 0 radical (unpaired) electrons. The monoisotopic (exact) mass is 255 g/mol. The van der Waals surface area contributed by atoms with E-state index in [4.69, 9.17) is 5.73 Å². The fourth-order valence-electron chi connectivity index (χ4n) is 1.07. The van der Waals surface area contributed by atoms with E-state index in [2.05, 4.69) is 21.2 Å². The molecule has 0 heterocycles. The zero-order chi connectivity index (χ0) is 10.4. The first-order chi connectivity index (χ1) is 6.77. The van der Waals surface area contributed by atoms with E-state index in [-0.39, 0.29) is 0 Å². The first-order valence-corrected chi connectivity index (χ1v) is 5.13. The Morgan fingerprint density at radius 2 is 2.36 bits per heavy atom. The molecule has 0 aliphatic heterocycles. The summed E-state index contributed by atoms with van der Waals surface area (Å²) < 4.78 is 1.05. The lowest BCUT2D eigenvalue weighted by molar-refractivity contribution is 0.958. The van der Waals surface area contributed by atoms with Crippen molar-refractivity contribution in [2.24, 2.45) is 5.73 Å². The highest BCUT2D eigenvalue weighted by atomic mass is 79.9. The number of hydrogen-bond acceptors (Lipinski definition) is 3. The van der Waals surface area contributed by atoms with Gasteiger partial charge in [0.2, 0.25) is 0 Å². The summed E-state index contributed by atoms with van der Waals surface area (Å²) in [5, 5.41) is 2.93.